The van der Waals surface area contributed by atoms with E-state index in [0.717, 1.165) is 11.3 Å². The van der Waals surface area contributed by atoms with Crippen LogP contribution in [-0.2, 0) is 16.1 Å². The number of nitrogens with zero attached hydrogens (tertiary/aromatic N) is 2. The molecule has 2 amide bonds. The Morgan fingerprint density at radius 2 is 1.59 bits per heavy atom. The molecule has 2 aromatic rings. The quantitative estimate of drug-likeness (QED) is 0.800. The maximum Gasteiger partial charge on any atom is 0.232 e. The second-order valence-corrected chi connectivity index (χ2v) is 6.86. The second-order valence-electron chi connectivity index (χ2n) is 6.42. The second kappa shape index (κ2) is 8.86. The fourth-order valence-electron chi connectivity index (χ4n) is 2.98. The Labute approximate surface area is 162 Å². The highest BCUT2D eigenvalue weighted by atomic mass is 35.5. The monoisotopic (exact) mass is 389 g/mol. The largest absolute Gasteiger partial charge is 0.368 e. The van der Waals surface area contributed by atoms with Gasteiger partial charge in [-0.2, -0.15) is 0 Å². The van der Waals surface area contributed by atoms with Crippen molar-refractivity contribution in [1.29, 1.82) is 0 Å². The predicted octanol–water partition coefficient (Wildman–Crippen LogP) is 2.83. The van der Waals surface area contributed by atoms with Crippen molar-refractivity contribution < 1.29 is 14.0 Å². The molecule has 1 heterocycles. The first-order valence-corrected chi connectivity index (χ1v) is 9.18. The third-order valence-corrected chi connectivity index (χ3v) is 4.79. The number of amides is 2. The van der Waals surface area contributed by atoms with Crippen LogP contribution in [0.25, 0.3) is 0 Å². The van der Waals surface area contributed by atoms with Crippen LogP contribution in [0.5, 0.6) is 0 Å². The first-order valence-electron chi connectivity index (χ1n) is 8.81. The Morgan fingerprint density at radius 3 is 2.22 bits per heavy atom. The van der Waals surface area contributed by atoms with E-state index < -0.39 is 0 Å². The van der Waals surface area contributed by atoms with Crippen molar-refractivity contribution in [2.45, 2.75) is 13.0 Å². The van der Waals surface area contributed by atoms with E-state index in [9.17, 15) is 14.0 Å². The summed E-state index contributed by atoms with van der Waals surface area (Å²) < 4.78 is 13.0. The minimum atomic E-state index is -0.295. The van der Waals surface area contributed by atoms with Crippen LogP contribution < -0.4 is 10.2 Å². The molecule has 1 fully saturated rings. The van der Waals surface area contributed by atoms with Gasteiger partial charge in [-0.3, -0.25) is 9.59 Å². The number of piperazine rings is 1. The van der Waals surface area contributed by atoms with Crippen molar-refractivity contribution in [2.24, 2.45) is 0 Å². The number of carbonyl (C=O) groups excluding carboxylic acids is 2. The van der Waals surface area contributed by atoms with Gasteiger partial charge in [-0.15, -0.1) is 0 Å². The molecule has 0 unspecified atom stereocenters. The maximum atomic E-state index is 13.0. The molecule has 1 N–H and O–H groups in total. The third-order valence-electron chi connectivity index (χ3n) is 4.54. The van der Waals surface area contributed by atoms with Crippen molar-refractivity contribution in [2.75, 3.05) is 31.1 Å². The van der Waals surface area contributed by atoms with Gasteiger partial charge in [-0.1, -0.05) is 23.7 Å². The molecular formula is C20H21ClFN3O2. The van der Waals surface area contributed by atoms with Gasteiger partial charge in [0.2, 0.25) is 11.8 Å². The summed E-state index contributed by atoms with van der Waals surface area (Å²) >= 11 is 5.83. The third kappa shape index (κ3) is 5.44. The lowest BCUT2D eigenvalue weighted by molar-refractivity contribution is -0.136. The van der Waals surface area contributed by atoms with E-state index in [2.05, 4.69) is 10.2 Å². The number of hydrogen-bond acceptors (Lipinski definition) is 3. The lowest BCUT2D eigenvalue weighted by Crippen LogP contribution is -2.49. The summed E-state index contributed by atoms with van der Waals surface area (Å²) in [5.41, 5.74) is 1.86. The number of hydrogen-bond donors (Lipinski definition) is 1. The molecule has 0 atom stereocenters. The lowest BCUT2D eigenvalue weighted by Gasteiger charge is -2.36. The molecule has 0 aliphatic carbocycles. The Morgan fingerprint density at radius 1 is 0.963 bits per heavy atom. The van der Waals surface area contributed by atoms with E-state index in [1.807, 2.05) is 12.1 Å². The highest BCUT2D eigenvalue weighted by Crippen LogP contribution is 2.17. The van der Waals surface area contributed by atoms with Gasteiger partial charge in [-0.05, 0) is 42.0 Å². The molecule has 0 aromatic heterocycles. The normalized spacial score (nSPS) is 14.1. The Bertz CT molecular complexity index is 788. The molecule has 1 saturated heterocycles. The maximum absolute atomic E-state index is 13.0. The Kier molecular flexibility index (Phi) is 6.29. The van der Waals surface area contributed by atoms with Gasteiger partial charge in [0.1, 0.15) is 12.2 Å². The van der Waals surface area contributed by atoms with Crippen LogP contribution in [0.1, 0.15) is 12.0 Å². The molecule has 1 aliphatic rings. The van der Waals surface area contributed by atoms with Gasteiger partial charge in [0.05, 0.1) is 0 Å². The van der Waals surface area contributed by atoms with Crippen molar-refractivity contribution in [1.82, 2.24) is 10.2 Å². The number of anilines is 1. The summed E-state index contributed by atoms with van der Waals surface area (Å²) in [6, 6.07) is 13.5. The standard InChI is InChI=1S/C20H21ClFN3O2/c21-16-3-1-15(2-4-16)14-23-19(26)13-20(27)25-11-9-24(10-12-25)18-7-5-17(22)6-8-18/h1-8H,9-14H2,(H,23,26). The minimum absolute atomic E-state index is 0.163. The zero-order valence-electron chi connectivity index (χ0n) is 14.8. The van der Waals surface area contributed by atoms with Gasteiger partial charge >= 0.3 is 0 Å². The topological polar surface area (TPSA) is 52.7 Å². The lowest BCUT2D eigenvalue weighted by atomic mass is 10.2. The molecule has 7 heteroatoms. The van der Waals surface area contributed by atoms with E-state index in [1.54, 1.807) is 29.2 Å². The van der Waals surface area contributed by atoms with Gasteiger partial charge in [0, 0.05) is 43.4 Å². The number of halogens is 2. The van der Waals surface area contributed by atoms with E-state index in [0.29, 0.717) is 37.7 Å². The molecule has 3 rings (SSSR count). The zero-order chi connectivity index (χ0) is 19.2. The SMILES string of the molecule is O=C(CC(=O)N1CCN(c2ccc(F)cc2)CC1)NCc1ccc(Cl)cc1. The van der Waals surface area contributed by atoms with Crippen LogP contribution in [0.2, 0.25) is 5.02 Å². The average Bonchev–Trinajstić information content (AvgIpc) is 2.68. The van der Waals surface area contributed by atoms with Crippen molar-refractivity contribution in [3.63, 3.8) is 0 Å². The molecule has 0 saturated carbocycles. The molecule has 0 radical (unpaired) electrons. The van der Waals surface area contributed by atoms with E-state index in [1.165, 1.54) is 12.1 Å². The van der Waals surface area contributed by atoms with Crippen molar-refractivity contribution in [3.05, 3.63) is 64.9 Å². The molecule has 5 nitrogen and oxygen atoms in total. The minimum Gasteiger partial charge on any atom is -0.368 e. The van der Waals surface area contributed by atoms with Crippen LogP contribution in [0.3, 0.4) is 0 Å². The molecule has 2 aromatic carbocycles. The number of rotatable bonds is 5. The fourth-order valence-corrected chi connectivity index (χ4v) is 3.11. The number of carbonyl (C=O) groups is 2. The number of benzene rings is 2. The van der Waals surface area contributed by atoms with Crippen LogP contribution >= 0.6 is 11.6 Å². The summed E-state index contributed by atoms with van der Waals surface area (Å²) in [5, 5.41) is 3.39. The first-order chi connectivity index (χ1) is 13.0. The van der Waals surface area contributed by atoms with Crippen LogP contribution in [0, 0.1) is 5.82 Å². The van der Waals surface area contributed by atoms with Crippen LogP contribution in [0.4, 0.5) is 10.1 Å². The highest BCUT2D eigenvalue weighted by Gasteiger charge is 2.22. The van der Waals surface area contributed by atoms with Gasteiger partial charge in [-0.25, -0.2) is 4.39 Å². The van der Waals surface area contributed by atoms with Gasteiger partial charge in [0.25, 0.3) is 0 Å². The average molecular weight is 390 g/mol. The molecule has 142 valence electrons. The zero-order valence-corrected chi connectivity index (χ0v) is 15.6. The molecule has 1 aliphatic heterocycles. The summed E-state index contributed by atoms with van der Waals surface area (Å²) in [6.07, 6.45) is -0.163. The summed E-state index contributed by atoms with van der Waals surface area (Å²) in [6.45, 7) is 2.76. The molecular weight excluding hydrogens is 369 g/mol. The van der Waals surface area contributed by atoms with Crippen LogP contribution in [0.15, 0.2) is 48.5 Å². The predicted molar refractivity (Wildman–Crippen MR) is 103 cm³/mol. The van der Waals surface area contributed by atoms with Crippen molar-refractivity contribution >= 4 is 29.1 Å². The Hall–Kier alpha value is -2.60. The van der Waals surface area contributed by atoms with E-state index in [-0.39, 0.29) is 24.1 Å². The molecule has 0 spiro atoms. The fraction of sp³-hybridized carbons (Fsp3) is 0.300. The summed E-state index contributed by atoms with van der Waals surface area (Å²) in [7, 11) is 0. The number of nitrogens with one attached hydrogen (secondary N) is 1. The summed E-state index contributed by atoms with van der Waals surface area (Å²) in [5.74, 6) is -0.740. The first kappa shape index (κ1) is 19.2. The van der Waals surface area contributed by atoms with Crippen molar-refractivity contribution in [3.8, 4) is 0 Å². The van der Waals surface area contributed by atoms with Gasteiger partial charge in [0.15, 0.2) is 0 Å². The molecule has 0 bridgehead atoms. The smallest absolute Gasteiger partial charge is 0.232 e. The Balaban J connectivity index is 1.42. The summed E-state index contributed by atoms with van der Waals surface area (Å²) in [4.78, 5) is 28.2. The van der Waals surface area contributed by atoms with Gasteiger partial charge < -0.3 is 15.1 Å². The van der Waals surface area contributed by atoms with E-state index in [4.69, 9.17) is 11.6 Å². The molecule has 27 heavy (non-hydrogen) atoms. The highest BCUT2D eigenvalue weighted by molar-refractivity contribution is 6.30. The van der Waals surface area contributed by atoms with Crippen LogP contribution in [-0.4, -0.2) is 42.9 Å². The van der Waals surface area contributed by atoms with E-state index >= 15 is 0 Å².